The standard InChI is InChI=1S/C8H6FI/c1-2-6-3-7(9)5-8(10)4-6/h2-5H,1H2. The molecule has 0 spiro atoms. The van der Waals surface area contributed by atoms with Gasteiger partial charge in [0.15, 0.2) is 0 Å². The van der Waals surface area contributed by atoms with Gasteiger partial charge in [0, 0.05) is 3.57 Å². The van der Waals surface area contributed by atoms with Gasteiger partial charge in [-0.05, 0) is 46.4 Å². The van der Waals surface area contributed by atoms with E-state index in [1.165, 1.54) is 12.1 Å². The third kappa shape index (κ3) is 1.80. The molecule has 0 saturated carbocycles. The van der Waals surface area contributed by atoms with Crippen LogP contribution in [0.2, 0.25) is 0 Å². The van der Waals surface area contributed by atoms with Gasteiger partial charge < -0.3 is 0 Å². The summed E-state index contributed by atoms with van der Waals surface area (Å²) in [6.07, 6.45) is 1.63. The lowest BCUT2D eigenvalue weighted by Crippen LogP contribution is -1.79. The maximum atomic E-state index is 12.6. The Morgan fingerprint density at radius 3 is 2.60 bits per heavy atom. The highest BCUT2D eigenvalue weighted by Gasteiger charge is 1.93. The second kappa shape index (κ2) is 3.14. The normalized spacial score (nSPS) is 9.40. The van der Waals surface area contributed by atoms with Crippen molar-refractivity contribution in [2.75, 3.05) is 0 Å². The first-order chi connectivity index (χ1) is 4.72. The molecule has 0 atom stereocenters. The van der Waals surface area contributed by atoms with E-state index in [-0.39, 0.29) is 5.82 Å². The van der Waals surface area contributed by atoms with E-state index in [1.807, 2.05) is 6.07 Å². The van der Waals surface area contributed by atoms with Crippen LogP contribution >= 0.6 is 22.6 Å². The predicted molar refractivity (Wildman–Crippen MR) is 49.2 cm³/mol. The molecule has 0 fully saturated rings. The number of hydrogen-bond donors (Lipinski definition) is 0. The smallest absolute Gasteiger partial charge is 0.124 e. The number of benzene rings is 1. The van der Waals surface area contributed by atoms with Crippen LogP contribution in [0.25, 0.3) is 6.08 Å². The molecule has 0 nitrogen and oxygen atoms in total. The second-order valence-electron chi connectivity index (χ2n) is 1.91. The second-order valence-corrected chi connectivity index (χ2v) is 3.15. The molecule has 1 rings (SSSR count). The molecule has 0 aliphatic heterocycles. The molecule has 0 radical (unpaired) electrons. The highest BCUT2D eigenvalue weighted by atomic mass is 127. The van der Waals surface area contributed by atoms with Gasteiger partial charge in [0.05, 0.1) is 0 Å². The minimum Gasteiger partial charge on any atom is -0.207 e. The van der Waals surface area contributed by atoms with E-state index in [4.69, 9.17) is 0 Å². The Bertz CT molecular complexity index is 235. The van der Waals surface area contributed by atoms with Gasteiger partial charge in [-0.3, -0.25) is 0 Å². The lowest BCUT2D eigenvalue weighted by molar-refractivity contribution is 0.626. The van der Waals surface area contributed by atoms with Gasteiger partial charge in [0.2, 0.25) is 0 Å². The first-order valence-electron chi connectivity index (χ1n) is 2.81. The summed E-state index contributed by atoms with van der Waals surface area (Å²) in [5, 5.41) is 0. The first-order valence-corrected chi connectivity index (χ1v) is 3.89. The van der Waals surface area contributed by atoms with Gasteiger partial charge in [-0.15, -0.1) is 0 Å². The number of rotatable bonds is 1. The third-order valence-corrected chi connectivity index (χ3v) is 1.74. The molecule has 0 aromatic heterocycles. The molecule has 0 amide bonds. The molecule has 0 heterocycles. The Morgan fingerprint density at radius 2 is 2.10 bits per heavy atom. The molecule has 1 aromatic carbocycles. The molecule has 0 N–H and O–H groups in total. The maximum Gasteiger partial charge on any atom is 0.124 e. The Labute approximate surface area is 72.9 Å². The molecule has 2 heteroatoms. The van der Waals surface area contributed by atoms with Crippen molar-refractivity contribution >= 4 is 28.7 Å². The topological polar surface area (TPSA) is 0 Å². The van der Waals surface area contributed by atoms with Crippen LogP contribution in [-0.2, 0) is 0 Å². The van der Waals surface area contributed by atoms with Crippen molar-refractivity contribution in [1.82, 2.24) is 0 Å². The fourth-order valence-corrected chi connectivity index (χ4v) is 1.35. The quantitative estimate of drug-likeness (QED) is 0.670. The summed E-state index contributed by atoms with van der Waals surface area (Å²) in [5.41, 5.74) is 0.824. The summed E-state index contributed by atoms with van der Waals surface area (Å²) >= 11 is 2.07. The first kappa shape index (κ1) is 7.72. The minimum absolute atomic E-state index is 0.207. The van der Waals surface area contributed by atoms with E-state index < -0.39 is 0 Å². The molecule has 1 aromatic rings. The number of hydrogen-bond acceptors (Lipinski definition) is 0. The monoisotopic (exact) mass is 248 g/mol. The summed E-state index contributed by atoms with van der Waals surface area (Å²) in [6.45, 7) is 3.54. The van der Waals surface area contributed by atoms with Crippen LogP contribution in [0, 0.1) is 9.39 Å². The molecule has 52 valence electrons. The van der Waals surface area contributed by atoms with E-state index >= 15 is 0 Å². The molecular weight excluding hydrogens is 242 g/mol. The van der Waals surface area contributed by atoms with Crippen LogP contribution in [0.15, 0.2) is 24.8 Å². The summed E-state index contributed by atoms with van der Waals surface area (Å²) < 4.78 is 13.5. The Morgan fingerprint density at radius 1 is 1.40 bits per heavy atom. The Hall–Kier alpha value is -0.380. The SMILES string of the molecule is C=Cc1cc(F)cc(I)c1. The summed E-state index contributed by atoms with van der Waals surface area (Å²) in [4.78, 5) is 0. The van der Waals surface area contributed by atoms with Crippen LogP contribution in [0.3, 0.4) is 0 Å². The summed E-state index contributed by atoms with van der Waals surface area (Å²) in [7, 11) is 0. The van der Waals surface area contributed by atoms with E-state index in [2.05, 4.69) is 29.2 Å². The zero-order valence-electron chi connectivity index (χ0n) is 5.27. The van der Waals surface area contributed by atoms with Gasteiger partial charge in [-0.25, -0.2) is 4.39 Å². The number of halogens is 2. The zero-order chi connectivity index (χ0) is 7.56. The van der Waals surface area contributed by atoms with Crippen LogP contribution in [-0.4, -0.2) is 0 Å². The minimum atomic E-state index is -0.207. The maximum absolute atomic E-state index is 12.6. The van der Waals surface area contributed by atoms with Crippen molar-refractivity contribution in [1.29, 1.82) is 0 Å². The van der Waals surface area contributed by atoms with Crippen molar-refractivity contribution in [3.63, 3.8) is 0 Å². The summed E-state index contributed by atoms with van der Waals surface area (Å²) in [5.74, 6) is -0.207. The predicted octanol–water partition coefficient (Wildman–Crippen LogP) is 3.07. The van der Waals surface area contributed by atoms with Crippen LogP contribution in [0.5, 0.6) is 0 Å². The van der Waals surface area contributed by atoms with Crippen molar-refractivity contribution in [2.45, 2.75) is 0 Å². The lowest BCUT2D eigenvalue weighted by Gasteiger charge is -1.94. The highest BCUT2D eigenvalue weighted by molar-refractivity contribution is 14.1. The van der Waals surface area contributed by atoms with E-state index in [9.17, 15) is 4.39 Å². The molecule has 0 aliphatic rings. The average Bonchev–Trinajstić information content (AvgIpc) is 1.85. The Balaban J connectivity index is 3.18. The van der Waals surface area contributed by atoms with Crippen LogP contribution in [0.1, 0.15) is 5.56 Å². The largest absolute Gasteiger partial charge is 0.207 e. The van der Waals surface area contributed by atoms with E-state index in [0.717, 1.165) is 9.13 Å². The van der Waals surface area contributed by atoms with Crippen molar-refractivity contribution in [3.05, 3.63) is 39.7 Å². The molecule has 0 bridgehead atoms. The zero-order valence-corrected chi connectivity index (χ0v) is 7.43. The van der Waals surface area contributed by atoms with Crippen molar-refractivity contribution < 1.29 is 4.39 Å². The molecule has 10 heavy (non-hydrogen) atoms. The highest BCUT2D eigenvalue weighted by Crippen LogP contribution is 2.11. The van der Waals surface area contributed by atoms with E-state index in [1.54, 1.807) is 6.08 Å². The van der Waals surface area contributed by atoms with Gasteiger partial charge in [0.25, 0.3) is 0 Å². The lowest BCUT2D eigenvalue weighted by atomic mass is 10.2. The van der Waals surface area contributed by atoms with Crippen molar-refractivity contribution in [3.8, 4) is 0 Å². The molecular formula is C8H6FI. The van der Waals surface area contributed by atoms with Gasteiger partial charge in [-0.1, -0.05) is 12.7 Å². The van der Waals surface area contributed by atoms with Gasteiger partial charge >= 0.3 is 0 Å². The fraction of sp³-hybridized carbons (Fsp3) is 0. The average molecular weight is 248 g/mol. The van der Waals surface area contributed by atoms with Gasteiger partial charge in [0.1, 0.15) is 5.82 Å². The van der Waals surface area contributed by atoms with Crippen LogP contribution in [0.4, 0.5) is 4.39 Å². The molecule has 0 unspecified atom stereocenters. The van der Waals surface area contributed by atoms with Gasteiger partial charge in [-0.2, -0.15) is 0 Å². The Kier molecular flexibility index (Phi) is 2.43. The molecule has 0 saturated heterocycles. The molecule has 0 aliphatic carbocycles. The van der Waals surface area contributed by atoms with Crippen molar-refractivity contribution in [2.24, 2.45) is 0 Å². The summed E-state index contributed by atoms with van der Waals surface area (Å²) in [6, 6.07) is 4.80. The van der Waals surface area contributed by atoms with Crippen LogP contribution < -0.4 is 0 Å². The fourth-order valence-electron chi connectivity index (χ4n) is 0.693. The third-order valence-electron chi connectivity index (χ3n) is 1.12. The van der Waals surface area contributed by atoms with E-state index in [0.29, 0.717) is 0 Å².